The number of amides is 1. The van der Waals surface area contributed by atoms with Crippen molar-refractivity contribution in [1.82, 2.24) is 9.80 Å². The molecule has 0 radical (unpaired) electrons. The molecule has 0 atom stereocenters. The molecule has 0 spiro atoms. The lowest BCUT2D eigenvalue weighted by molar-refractivity contribution is -0.133. The third-order valence-corrected chi connectivity index (χ3v) is 3.27. The molecule has 1 fully saturated rings. The van der Waals surface area contributed by atoms with E-state index in [1.165, 1.54) is 5.56 Å². The summed E-state index contributed by atoms with van der Waals surface area (Å²) in [6.45, 7) is 2.48. The monoisotopic (exact) mass is 246 g/mol. The Morgan fingerprint density at radius 3 is 2.39 bits per heavy atom. The average molecular weight is 246 g/mol. The third-order valence-electron chi connectivity index (χ3n) is 3.27. The normalized spacial score (nSPS) is 14.8. The Morgan fingerprint density at radius 1 is 1.17 bits per heavy atom. The summed E-state index contributed by atoms with van der Waals surface area (Å²) in [5, 5.41) is 0. The quantitative estimate of drug-likeness (QED) is 0.766. The molecule has 0 heterocycles. The molecule has 98 valence electrons. The first-order valence-electron chi connectivity index (χ1n) is 6.64. The number of hydrogen-bond acceptors (Lipinski definition) is 2. The number of rotatable bonds is 6. The first kappa shape index (κ1) is 13.1. The summed E-state index contributed by atoms with van der Waals surface area (Å²) in [5.74, 6) is 0.636. The van der Waals surface area contributed by atoms with Gasteiger partial charge < -0.3 is 9.80 Å². The average Bonchev–Trinajstić information content (AvgIpc) is 3.19. The van der Waals surface area contributed by atoms with Gasteiger partial charge in [-0.1, -0.05) is 30.3 Å². The number of benzene rings is 1. The van der Waals surface area contributed by atoms with Crippen LogP contribution in [0.2, 0.25) is 0 Å². The molecule has 3 heteroatoms. The summed E-state index contributed by atoms with van der Waals surface area (Å²) < 4.78 is 0. The fourth-order valence-corrected chi connectivity index (χ4v) is 1.98. The van der Waals surface area contributed by atoms with Crippen molar-refractivity contribution in [3.63, 3.8) is 0 Å². The number of nitrogens with zero attached hydrogens (tertiary/aromatic N) is 2. The van der Waals surface area contributed by atoms with Crippen LogP contribution in [-0.2, 0) is 11.3 Å². The zero-order valence-electron chi connectivity index (χ0n) is 11.3. The summed E-state index contributed by atoms with van der Waals surface area (Å²) in [6, 6.07) is 10.2. The number of likely N-dealkylation sites (N-methyl/N-ethyl adjacent to an activating group) is 1. The Balaban J connectivity index is 1.97. The van der Waals surface area contributed by atoms with E-state index in [9.17, 15) is 4.79 Å². The highest BCUT2D eigenvalue weighted by molar-refractivity contribution is 5.81. The van der Waals surface area contributed by atoms with Crippen LogP contribution in [0.5, 0.6) is 0 Å². The van der Waals surface area contributed by atoms with Crippen LogP contribution in [0.3, 0.4) is 0 Å². The van der Waals surface area contributed by atoms with E-state index in [1.54, 1.807) is 0 Å². The van der Waals surface area contributed by atoms with Gasteiger partial charge in [0, 0.05) is 25.6 Å². The molecular formula is C15H22N2O. The summed E-state index contributed by atoms with van der Waals surface area (Å²) >= 11 is 0. The van der Waals surface area contributed by atoms with Crippen LogP contribution in [0.25, 0.3) is 0 Å². The first-order valence-corrected chi connectivity index (χ1v) is 6.64. The molecule has 1 amide bonds. The van der Waals surface area contributed by atoms with E-state index in [-0.39, 0.29) is 0 Å². The Labute approximate surface area is 109 Å². The van der Waals surface area contributed by atoms with Crippen LogP contribution in [-0.4, -0.2) is 42.9 Å². The van der Waals surface area contributed by atoms with Crippen LogP contribution < -0.4 is 0 Å². The minimum Gasteiger partial charge on any atom is -0.337 e. The maximum atomic E-state index is 12.2. The molecule has 1 saturated carbocycles. The molecule has 0 unspecified atom stereocenters. The molecule has 2 rings (SSSR count). The Hall–Kier alpha value is -1.35. The molecule has 0 N–H and O–H groups in total. The van der Waals surface area contributed by atoms with E-state index in [1.807, 2.05) is 37.2 Å². The summed E-state index contributed by atoms with van der Waals surface area (Å²) in [7, 11) is 4.09. The number of carbonyl (C=O) groups is 1. The predicted molar refractivity (Wildman–Crippen MR) is 73.1 cm³/mol. The van der Waals surface area contributed by atoms with Crippen LogP contribution >= 0.6 is 0 Å². The molecule has 0 aliphatic heterocycles. The van der Waals surface area contributed by atoms with Gasteiger partial charge in [0.2, 0.25) is 5.91 Å². The molecule has 1 aliphatic carbocycles. The SMILES string of the molecule is CN(C)CCN(Cc1ccccc1)C(=O)C1CC1. The highest BCUT2D eigenvalue weighted by atomic mass is 16.2. The van der Waals surface area contributed by atoms with Crippen molar-refractivity contribution in [2.45, 2.75) is 19.4 Å². The number of carbonyl (C=O) groups excluding carboxylic acids is 1. The Kier molecular flexibility index (Phi) is 4.37. The minimum absolute atomic E-state index is 0.302. The zero-order valence-corrected chi connectivity index (χ0v) is 11.3. The second-order valence-corrected chi connectivity index (χ2v) is 5.32. The molecule has 3 nitrogen and oxygen atoms in total. The topological polar surface area (TPSA) is 23.6 Å². The van der Waals surface area contributed by atoms with E-state index in [0.29, 0.717) is 11.8 Å². The second-order valence-electron chi connectivity index (χ2n) is 5.32. The van der Waals surface area contributed by atoms with Crippen LogP contribution in [0, 0.1) is 5.92 Å². The van der Waals surface area contributed by atoms with Crippen molar-refractivity contribution >= 4 is 5.91 Å². The molecule has 18 heavy (non-hydrogen) atoms. The predicted octanol–water partition coefficient (Wildman–Crippen LogP) is 1.99. The Bertz CT molecular complexity index is 385. The maximum Gasteiger partial charge on any atom is 0.226 e. The fraction of sp³-hybridized carbons (Fsp3) is 0.533. The van der Waals surface area contributed by atoms with Crippen molar-refractivity contribution in [2.75, 3.05) is 27.2 Å². The van der Waals surface area contributed by atoms with Gasteiger partial charge in [-0.3, -0.25) is 4.79 Å². The molecule has 0 bridgehead atoms. The molecule has 1 aromatic carbocycles. The van der Waals surface area contributed by atoms with E-state index in [0.717, 1.165) is 32.5 Å². The van der Waals surface area contributed by atoms with Crippen molar-refractivity contribution in [3.05, 3.63) is 35.9 Å². The van der Waals surface area contributed by atoms with Gasteiger partial charge in [-0.05, 0) is 32.5 Å². The second kappa shape index (κ2) is 6.01. The van der Waals surface area contributed by atoms with Crippen LogP contribution in [0.1, 0.15) is 18.4 Å². The van der Waals surface area contributed by atoms with Crippen molar-refractivity contribution in [1.29, 1.82) is 0 Å². The largest absolute Gasteiger partial charge is 0.337 e. The molecule has 0 aromatic heterocycles. The molecule has 1 aromatic rings. The first-order chi connectivity index (χ1) is 8.66. The van der Waals surface area contributed by atoms with Crippen molar-refractivity contribution in [2.24, 2.45) is 5.92 Å². The lowest BCUT2D eigenvalue weighted by Crippen LogP contribution is -2.37. The standard InChI is InChI=1S/C15H22N2O/c1-16(2)10-11-17(15(18)14-8-9-14)12-13-6-4-3-5-7-13/h3-7,14H,8-12H2,1-2H3. The maximum absolute atomic E-state index is 12.2. The lowest BCUT2D eigenvalue weighted by Gasteiger charge is -2.24. The lowest BCUT2D eigenvalue weighted by atomic mass is 10.2. The van der Waals surface area contributed by atoms with Gasteiger partial charge >= 0.3 is 0 Å². The third kappa shape index (κ3) is 3.84. The van der Waals surface area contributed by atoms with E-state index in [4.69, 9.17) is 0 Å². The van der Waals surface area contributed by atoms with Crippen LogP contribution in [0.4, 0.5) is 0 Å². The van der Waals surface area contributed by atoms with Gasteiger partial charge in [-0.2, -0.15) is 0 Å². The van der Waals surface area contributed by atoms with Gasteiger partial charge in [0.05, 0.1) is 0 Å². The van der Waals surface area contributed by atoms with Crippen molar-refractivity contribution in [3.8, 4) is 0 Å². The van der Waals surface area contributed by atoms with Gasteiger partial charge in [-0.25, -0.2) is 0 Å². The van der Waals surface area contributed by atoms with E-state index >= 15 is 0 Å². The highest BCUT2D eigenvalue weighted by Gasteiger charge is 2.33. The Morgan fingerprint density at radius 2 is 1.83 bits per heavy atom. The van der Waals surface area contributed by atoms with Gasteiger partial charge in [0.15, 0.2) is 0 Å². The summed E-state index contributed by atoms with van der Waals surface area (Å²) in [6.07, 6.45) is 2.15. The fourth-order valence-electron chi connectivity index (χ4n) is 1.98. The summed E-state index contributed by atoms with van der Waals surface area (Å²) in [4.78, 5) is 16.4. The zero-order chi connectivity index (χ0) is 13.0. The van der Waals surface area contributed by atoms with Gasteiger partial charge in [-0.15, -0.1) is 0 Å². The van der Waals surface area contributed by atoms with E-state index in [2.05, 4.69) is 17.0 Å². The highest BCUT2D eigenvalue weighted by Crippen LogP contribution is 2.31. The number of hydrogen-bond donors (Lipinski definition) is 0. The summed E-state index contributed by atoms with van der Waals surface area (Å²) in [5.41, 5.74) is 1.21. The van der Waals surface area contributed by atoms with E-state index < -0.39 is 0 Å². The van der Waals surface area contributed by atoms with Gasteiger partial charge in [0.25, 0.3) is 0 Å². The van der Waals surface area contributed by atoms with Gasteiger partial charge in [0.1, 0.15) is 0 Å². The molecule has 0 saturated heterocycles. The smallest absolute Gasteiger partial charge is 0.226 e. The van der Waals surface area contributed by atoms with Crippen LogP contribution in [0.15, 0.2) is 30.3 Å². The minimum atomic E-state index is 0.302. The van der Waals surface area contributed by atoms with Crippen molar-refractivity contribution < 1.29 is 4.79 Å². The molecule has 1 aliphatic rings. The molecular weight excluding hydrogens is 224 g/mol.